The van der Waals surface area contributed by atoms with Crippen molar-refractivity contribution >= 4 is 23.2 Å². The molecule has 0 fully saturated rings. The summed E-state index contributed by atoms with van der Waals surface area (Å²) in [7, 11) is 0. The van der Waals surface area contributed by atoms with E-state index in [0.29, 0.717) is 13.1 Å². The molecule has 0 atom stereocenters. The van der Waals surface area contributed by atoms with Crippen molar-refractivity contribution in [3.05, 3.63) is 53.6 Å². The molecule has 0 amide bonds. The van der Waals surface area contributed by atoms with Gasteiger partial charge in [0.1, 0.15) is 17.4 Å². The lowest BCUT2D eigenvalue weighted by Crippen LogP contribution is -2.18. The Morgan fingerprint density at radius 3 is 2.75 bits per heavy atom. The van der Waals surface area contributed by atoms with Gasteiger partial charge in [0.2, 0.25) is 0 Å². The minimum Gasteiger partial charge on any atom is -0.434 e. The van der Waals surface area contributed by atoms with Crippen LogP contribution in [-0.2, 0) is 26.1 Å². The molecule has 28 heavy (non-hydrogen) atoms. The minimum atomic E-state index is -2.85. The summed E-state index contributed by atoms with van der Waals surface area (Å²) < 4.78 is 32.5. The Labute approximate surface area is 168 Å². The number of halogens is 3. The van der Waals surface area contributed by atoms with Crippen molar-refractivity contribution in [2.45, 2.75) is 51.9 Å². The first kappa shape index (κ1) is 20.5. The molecule has 1 aromatic heterocycles. The molecule has 5 nitrogen and oxygen atoms in total. The topological polar surface area (TPSA) is 52.0 Å². The molecule has 3 aromatic rings. The van der Waals surface area contributed by atoms with E-state index in [1.807, 2.05) is 24.3 Å². The molecular formula is C20H23ClF2N4O. The Morgan fingerprint density at radius 2 is 1.89 bits per heavy atom. The smallest absolute Gasteiger partial charge is 0.387 e. The van der Waals surface area contributed by atoms with Crippen molar-refractivity contribution in [2.75, 3.05) is 0 Å². The van der Waals surface area contributed by atoms with Gasteiger partial charge in [-0.15, -0.1) is 22.6 Å². The number of rotatable bonds is 6. The molecule has 0 spiro atoms. The highest BCUT2D eigenvalue weighted by atomic mass is 35.5. The lowest BCUT2D eigenvalue weighted by atomic mass is 10.0. The van der Waals surface area contributed by atoms with Crippen molar-refractivity contribution < 1.29 is 13.5 Å². The zero-order valence-corrected chi connectivity index (χ0v) is 16.2. The van der Waals surface area contributed by atoms with E-state index >= 15 is 0 Å². The fourth-order valence-electron chi connectivity index (χ4n) is 3.68. The molecule has 1 aliphatic heterocycles. The summed E-state index contributed by atoms with van der Waals surface area (Å²) in [5.41, 5.74) is 0.726. The van der Waals surface area contributed by atoms with Gasteiger partial charge in [-0.25, -0.2) is 0 Å². The van der Waals surface area contributed by atoms with Crippen molar-refractivity contribution in [3.63, 3.8) is 0 Å². The van der Waals surface area contributed by atoms with E-state index in [-0.39, 0.29) is 18.2 Å². The normalized spacial score (nSPS) is 13.8. The molecule has 0 saturated carbocycles. The zero-order chi connectivity index (χ0) is 18.6. The second-order valence-electron chi connectivity index (χ2n) is 6.74. The van der Waals surface area contributed by atoms with Crippen LogP contribution in [0.5, 0.6) is 5.75 Å². The first-order valence-electron chi connectivity index (χ1n) is 9.29. The zero-order valence-electron chi connectivity index (χ0n) is 15.4. The fourth-order valence-corrected chi connectivity index (χ4v) is 3.68. The molecule has 1 N–H and O–H groups in total. The molecule has 2 aromatic carbocycles. The van der Waals surface area contributed by atoms with Crippen molar-refractivity contribution in [3.8, 4) is 5.75 Å². The SMILES string of the molecule is Cl.FC(F)Oc1ccc2ccccc2c1CNCc1nnc2n1CCCCC2. The van der Waals surface area contributed by atoms with Crippen LogP contribution in [0, 0.1) is 0 Å². The van der Waals surface area contributed by atoms with Crippen molar-refractivity contribution in [1.29, 1.82) is 0 Å². The van der Waals surface area contributed by atoms with Crippen LogP contribution in [0.15, 0.2) is 36.4 Å². The lowest BCUT2D eigenvalue weighted by Gasteiger charge is -2.15. The summed E-state index contributed by atoms with van der Waals surface area (Å²) in [6.45, 7) is -0.972. The van der Waals surface area contributed by atoms with Crippen LogP contribution >= 0.6 is 12.4 Å². The van der Waals surface area contributed by atoms with Crippen LogP contribution in [0.4, 0.5) is 8.78 Å². The van der Waals surface area contributed by atoms with E-state index in [0.717, 1.165) is 53.8 Å². The van der Waals surface area contributed by atoms with Crippen LogP contribution in [-0.4, -0.2) is 21.4 Å². The summed E-state index contributed by atoms with van der Waals surface area (Å²) in [4.78, 5) is 0. The largest absolute Gasteiger partial charge is 0.434 e. The molecule has 0 unspecified atom stereocenters. The highest BCUT2D eigenvalue weighted by Crippen LogP contribution is 2.29. The number of aryl methyl sites for hydroxylation is 1. The standard InChI is InChI=1S/C20H22F2N4O.ClH/c21-20(22)27-17-10-9-14-6-3-4-7-15(14)16(17)12-23-13-19-25-24-18-8-2-1-5-11-26(18)19;/h3-4,6-7,9-10,20,23H,1-2,5,8,11-13H2;1H. The first-order valence-corrected chi connectivity index (χ1v) is 9.29. The number of nitrogens with one attached hydrogen (secondary N) is 1. The van der Waals surface area contributed by atoms with E-state index in [1.54, 1.807) is 12.1 Å². The Kier molecular flexibility index (Phi) is 6.80. The number of aromatic nitrogens is 3. The van der Waals surface area contributed by atoms with Gasteiger partial charge >= 0.3 is 6.61 Å². The molecular weight excluding hydrogens is 386 g/mol. The third kappa shape index (κ3) is 4.42. The van der Waals surface area contributed by atoms with Crippen LogP contribution in [0.3, 0.4) is 0 Å². The molecule has 4 rings (SSSR count). The number of ether oxygens (including phenoxy) is 1. The molecule has 150 valence electrons. The number of hydrogen-bond acceptors (Lipinski definition) is 4. The van der Waals surface area contributed by atoms with Gasteiger partial charge in [0, 0.05) is 25.1 Å². The molecule has 1 aliphatic rings. The maximum absolute atomic E-state index is 12.8. The van der Waals surface area contributed by atoms with Gasteiger partial charge in [0.05, 0.1) is 6.54 Å². The Balaban J connectivity index is 0.00000225. The van der Waals surface area contributed by atoms with Gasteiger partial charge in [-0.2, -0.15) is 8.78 Å². The molecule has 0 radical (unpaired) electrons. The monoisotopic (exact) mass is 408 g/mol. The lowest BCUT2D eigenvalue weighted by molar-refractivity contribution is -0.0503. The summed E-state index contributed by atoms with van der Waals surface area (Å²) in [5, 5.41) is 13.8. The fraction of sp³-hybridized carbons (Fsp3) is 0.400. The van der Waals surface area contributed by atoms with Gasteiger partial charge in [-0.3, -0.25) is 0 Å². The average Bonchev–Trinajstić information content (AvgIpc) is 2.89. The van der Waals surface area contributed by atoms with Crippen molar-refractivity contribution in [1.82, 2.24) is 20.1 Å². The van der Waals surface area contributed by atoms with Crippen molar-refractivity contribution in [2.24, 2.45) is 0 Å². The van der Waals surface area contributed by atoms with Gasteiger partial charge < -0.3 is 14.6 Å². The average molecular weight is 409 g/mol. The van der Waals surface area contributed by atoms with E-state index in [4.69, 9.17) is 4.74 Å². The minimum absolute atomic E-state index is 0. The third-order valence-electron chi connectivity index (χ3n) is 4.98. The van der Waals surface area contributed by atoms with Crippen LogP contribution in [0.2, 0.25) is 0 Å². The second kappa shape index (κ2) is 9.30. The summed E-state index contributed by atoms with van der Waals surface area (Å²) >= 11 is 0. The number of hydrogen-bond donors (Lipinski definition) is 1. The van der Waals surface area contributed by atoms with E-state index in [2.05, 4.69) is 20.1 Å². The van der Waals surface area contributed by atoms with Crippen LogP contribution in [0.25, 0.3) is 10.8 Å². The second-order valence-corrected chi connectivity index (χ2v) is 6.74. The number of fused-ring (bicyclic) bond motifs is 2. The van der Waals surface area contributed by atoms with E-state index in [9.17, 15) is 8.78 Å². The van der Waals surface area contributed by atoms with Crippen LogP contribution in [0.1, 0.15) is 36.5 Å². The third-order valence-corrected chi connectivity index (χ3v) is 4.98. The van der Waals surface area contributed by atoms with E-state index < -0.39 is 6.61 Å². The maximum Gasteiger partial charge on any atom is 0.387 e. The quantitative estimate of drug-likeness (QED) is 0.653. The summed E-state index contributed by atoms with van der Waals surface area (Å²) in [6, 6.07) is 11.1. The molecule has 8 heteroatoms. The molecule has 0 bridgehead atoms. The number of benzene rings is 2. The first-order chi connectivity index (χ1) is 13.2. The Hall–Kier alpha value is -2.25. The van der Waals surface area contributed by atoms with Gasteiger partial charge in [-0.1, -0.05) is 36.8 Å². The molecule has 2 heterocycles. The van der Waals surface area contributed by atoms with Crippen LogP contribution < -0.4 is 10.1 Å². The molecule has 0 saturated heterocycles. The molecule has 0 aliphatic carbocycles. The number of alkyl halides is 2. The summed E-state index contributed by atoms with van der Waals surface area (Å²) in [5.74, 6) is 2.14. The predicted octanol–water partition coefficient (Wildman–Crippen LogP) is 4.47. The number of nitrogens with zero attached hydrogens (tertiary/aromatic N) is 3. The maximum atomic E-state index is 12.8. The van der Waals surface area contributed by atoms with Gasteiger partial charge in [0.15, 0.2) is 0 Å². The highest BCUT2D eigenvalue weighted by molar-refractivity contribution is 5.87. The summed E-state index contributed by atoms with van der Waals surface area (Å²) in [6.07, 6.45) is 4.45. The Morgan fingerprint density at radius 1 is 1.04 bits per heavy atom. The highest BCUT2D eigenvalue weighted by Gasteiger charge is 2.16. The Bertz CT molecular complexity index is 932. The van der Waals surface area contributed by atoms with E-state index in [1.165, 1.54) is 6.42 Å². The van der Waals surface area contributed by atoms with Gasteiger partial charge in [-0.05, 0) is 29.7 Å². The predicted molar refractivity (Wildman–Crippen MR) is 106 cm³/mol. The van der Waals surface area contributed by atoms with Gasteiger partial charge in [0.25, 0.3) is 0 Å².